The minimum atomic E-state index is -1.23. The first kappa shape index (κ1) is 28.9. The zero-order valence-corrected chi connectivity index (χ0v) is 23.5. The Hall–Kier alpha value is -2.62. The maximum atomic E-state index is 13.1. The minimum absolute atomic E-state index is 0.0202. The molecule has 198 valence electrons. The lowest BCUT2D eigenvalue weighted by Crippen LogP contribution is -2.49. The summed E-state index contributed by atoms with van der Waals surface area (Å²) in [6.45, 7) is 5.08. The van der Waals surface area contributed by atoms with E-state index in [4.69, 9.17) is 23.2 Å². The normalized spacial score (nSPS) is 21.2. The van der Waals surface area contributed by atoms with Crippen LogP contribution < -0.4 is 10.6 Å². The average Bonchev–Trinajstić information content (AvgIpc) is 3.04. The van der Waals surface area contributed by atoms with E-state index in [1.807, 2.05) is 0 Å². The van der Waals surface area contributed by atoms with Crippen molar-refractivity contribution in [3.05, 3.63) is 62.0 Å². The topological polar surface area (TPSA) is 133 Å². The van der Waals surface area contributed by atoms with E-state index in [0.29, 0.717) is 28.6 Å². The molecule has 4 N–H and O–H groups in total. The molecule has 0 unspecified atom stereocenters. The molecule has 8 nitrogen and oxygen atoms in total. The van der Waals surface area contributed by atoms with Gasteiger partial charge in [0.15, 0.2) is 0 Å². The third kappa shape index (κ3) is 5.78. The number of hydrogen-bond acceptors (Lipinski definition) is 4. The Bertz CT molecular complexity index is 1250. The zero-order valence-electron chi connectivity index (χ0n) is 20.4. The predicted octanol–water partition coefficient (Wildman–Crippen LogP) is 5.65. The van der Waals surface area contributed by atoms with Crippen LogP contribution >= 0.6 is 39.1 Å². The first-order valence-electron chi connectivity index (χ1n) is 11.5. The molecule has 0 aliphatic heterocycles. The van der Waals surface area contributed by atoms with Gasteiger partial charge in [0.05, 0.1) is 26.7 Å². The fourth-order valence-corrected chi connectivity index (χ4v) is 5.83. The van der Waals surface area contributed by atoms with E-state index in [1.165, 1.54) is 0 Å². The van der Waals surface area contributed by atoms with E-state index in [1.54, 1.807) is 57.2 Å². The number of amides is 2. The predicted molar refractivity (Wildman–Crippen MR) is 144 cm³/mol. The highest BCUT2D eigenvalue weighted by molar-refractivity contribution is 9.10. The summed E-state index contributed by atoms with van der Waals surface area (Å²) in [4.78, 5) is 49.6. The minimum Gasteiger partial charge on any atom is -0.481 e. The Labute approximate surface area is 232 Å². The maximum Gasteiger partial charge on any atom is 0.326 e. The molecule has 0 radical (unpaired) electrons. The molecule has 2 amide bonds. The molecule has 2 aromatic rings. The number of hydrogen-bond donors (Lipinski definition) is 4. The van der Waals surface area contributed by atoms with Crippen LogP contribution in [0, 0.1) is 16.7 Å². The number of carbonyl (C=O) groups is 4. The van der Waals surface area contributed by atoms with E-state index in [0.717, 1.165) is 0 Å². The Kier molecular flexibility index (Phi) is 8.61. The Morgan fingerprint density at radius 2 is 1.70 bits per heavy atom. The molecule has 1 fully saturated rings. The van der Waals surface area contributed by atoms with Crippen LogP contribution in [0.3, 0.4) is 0 Å². The van der Waals surface area contributed by atoms with Gasteiger partial charge in [-0.3, -0.25) is 14.4 Å². The lowest BCUT2D eigenvalue weighted by atomic mass is 9.65. The van der Waals surface area contributed by atoms with Gasteiger partial charge in [0.2, 0.25) is 5.91 Å². The van der Waals surface area contributed by atoms with Crippen LogP contribution in [-0.4, -0.2) is 40.0 Å². The van der Waals surface area contributed by atoms with Gasteiger partial charge in [-0.2, -0.15) is 0 Å². The summed E-state index contributed by atoms with van der Waals surface area (Å²) in [5.74, 6) is -3.82. The van der Waals surface area contributed by atoms with Crippen LogP contribution in [0.2, 0.25) is 10.0 Å². The lowest BCUT2D eigenvalue weighted by Gasteiger charge is -2.38. The van der Waals surface area contributed by atoms with E-state index in [-0.39, 0.29) is 22.0 Å². The first-order chi connectivity index (χ1) is 17.2. The Balaban J connectivity index is 1.73. The molecule has 3 atom stereocenters. The number of halogens is 3. The summed E-state index contributed by atoms with van der Waals surface area (Å²) in [6, 6.07) is 8.38. The molecule has 2 aromatic carbocycles. The lowest BCUT2D eigenvalue weighted by molar-refractivity contribution is -0.155. The summed E-state index contributed by atoms with van der Waals surface area (Å²) in [5, 5.41) is 25.2. The third-order valence-corrected chi connectivity index (χ3v) is 8.83. The highest BCUT2D eigenvalue weighted by atomic mass is 79.9. The van der Waals surface area contributed by atoms with Crippen LogP contribution in [0.15, 0.2) is 40.9 Å². The number of aliphatic carboxylic acids is 2. The molecule has 11 heteroatoms. The molecule has 3 rings (SSSR count). The molecule has 0 spiro atoms. The molecule has 0 aromatic heterocycles. The van der Waals surface area contributed by atoms with Crippen molar-refractivity contribution in [2.24, 2.45) is 16.7 Å². The van der Waals surface area contributed by atoms with Crippen molar-refractivity contribution in [2.75, 3.05) is 5.32 Å². The van der Waals surface area contributed by atoms with Gasteiger partial charge < -0.3 is 20.8 Å². The second kappa shape index (κ2) is 11.0. The van der Waals surface area contributed by atoms with Gasteiger partial charge >= 0.3 is 11.9 Å². The molecule has 1 aliphatic carbocycles. The number of nitrogens with one attached hydrogen (secondary N) is 2. The number of benzene rings is 2. The van der Waals surface area contributed by atoms with Gasteiger partial charge in [0.1, 0.15) is 6.04 Å². The summed E-state index contributed by atoms with van der Waals surface area (Å²) >= 11 is 15.6. The quantitative estimate of drug-likeness (QED) is 0.304. The summed E-state index contributed by atoms with van der Waals surface area (Å²) in [7, 11) is 0. The molecular weight excluding hydrogens is 587 g/mol. The number of anilines is 1. The molecule has 37 heavy (non-hydrogen) atoms. The monoisotopic (exact) mass is 612 g/mol. The van der Waals surface area contributed by atoms with Crippen LogP contribution in [0.25, 0.3) is 0 Å². The first-order valence-corrected chi connectivity index (χ1v) is 13.0. The van der Waals surface area contributed by atoms with Gasteiger partial charge in [-0.1, -0.05) is 49.2 Å². The molecular formula is C26H27BrCl2N2O6. The van der Waals surface area contributed by atoms with E-state index in [2.05, 4.69) is 26.6 Å². The molecule has 0 bridgehead atoms. The van der Waals surface area contributed by atoms with Crippen molar-refractivity contribution in [3.8, 4) is 0 Å². The fourth-order valence-electron chi connectivity index (χ4n) is 4.74. The summed E-state index contributed by atoms with van der Waals surface area (Å²) < 4.78 is 0.492. The number of rotatable bonds is 8. The largest absolute Gasteiger partial charge is 0.481 e. The molecule has 1 saturated carbocycles. The van der Waals surface area contributed by atoms with Gasteiger partial charge in [0.25, 0.3) is 5.91 Å². The van der Waals surface area contributed by atoms with Crippen LogP contribution in [0.4, 0.5) is 5.69 Å². The van der Waals surface area contributed by atoms with Crippen molar-refractivity contribution in [1.29, 1.82) is 0 Å². The molecule has 0 heterocycles. The van der Waals surface area contributed by atoms with Crippen molar-refractivity contribution in [2.45, 2.75) is 46.1 Å². The standard InChI is InChI=1S/C26H27BrCl2N2O6/c1-25(2)14(9-10-26(25,3)24(36)37)21(32)31-19(23(34)35)12-13-7-8-18(15(27)11-13)30-22(33)20-16(28)5-4-6-17(20)29/h4-8,11,14,19H,9-10,12H2,1-3H3,(H,30,33)(H,31,32)(H,34,35)(H,36,37)/t14-,19+,26+/m1/s1. The zero-order chi connectivity index (χ0) is 27.7. The van der Waals surface area contributed by atoms with E-state index in [9.17, 15) is 29.4 Å². The smallest absolute Gasteiger partial charge is 0.326 e. The van der Waals surface area contributed by atoms with Crippen molar-refractivity contribution >= 4 is 68.6 Å². The van der Waals surface area contributed by atoms with Gasteiger partial charge in [-0.05, 0) is 70.9 Å². The number of carbonyl (C=O) groups excluding carboxylic acids is 2. The van der Waals surface area contributed by atoms with Gasteiger partial charge in [-0.25, -0.2) is 4.79 Å². The van der Waals surface area contributed by atoms with Crippen LogP contribution in [0.1, 0.15) is 49.5 Å². The maximum absolute atomic E-state index is 13.1. The second-order valence-corrected chi connectivity index (χ2v) is 11.6. The van der Waals surface area contributed by atoms with E-state index >= 15 is 0 Å². The van der Waals surface area contributed by atoms with Crippen molar-refractivity contribution in [1.82, 2.24) is 5.32 Å². The SMILES string of the molecule is CC1(C)[C@@H](C(=O)N[C@@H](Cc2ccc(NC(=O)c3c(Cl)cccc3Cl)c(Br)c2)C(=O)O)CC[C@@]1(C)C(=O)O. The highest BCUT2D eigenvalue weighted by Gasteiger charge is 2.58. The molecule has 1 aliphatic rings. The van der Waals surface area contributed by atoms with Gasteiger partial charge in [0, 0.05) is 16.8 Å². The third-order valence-electron chi connectivity index (χ3n) is 7.54. The number of carboxylic acid groups (broad SMARTS) is 2. The fraction of sp³-hybridized carbons (Fsp3) is 0.385. The highest BCUT2D eigenvalue weighted by Crippen LogP contribution is 2.56. The second-order valence-electron chi connectivity index (χ2n) is 9.92. The Morgan fingerprint density at radius 1 is 1.08 bits per heavy atom. The van der Waals surface area contributed by atoms with E-state index < -0.39 is 46.5 Å². The average molecular weight is 614 g/mol. The number of carboxylic acids is 2. The van der Waals surface area contributed by atoms with Crippen LogP contribution in [0.5, 0.6) is 0 Å². The van der Waals surface area contributed by atoms with Gasteiger partial charge in [-0.15, -0.1) is 0 Å². The summed E-state index contributed by atoms with van der Waals surface area (Å²) in [5.41, 5.74) is -0.813. The van der Waals surface area contributed by atoms with Crippen LogP contribution in [-0.2, 0) is 20.8 Å². The molecule has 0 saturated heterocycles. The Morgan fingerprint density at radius 3 is 2.22 bits per heavy atom. The van der Waals surface area contributed by atoms with Crippen molar-refractivity contribution < 1.29 is 29.4 Å². The summed E-state index contributed by atoms with van der Waals surface area (Å²) in [6.07, 6.45) is 0.654. The van der Waals surface area contributed by atoms with Crippen molar-refractivity contribution in [3.63, 3.8) is 0 Å².